The van der Waals surface area contributed by atoms with Gasteiger partial charge in [0.2, 0.25) is 0 Å². The molecule has 4 rings (SSSR count). The molecule has 2 heterocycles. The highest BCUT2D eigenvalue weighted by atomic mass is 35.5. The number of fused-ring (bicyclic) bond motifs is 1. The molecule has 6 nitrogen and oxygen atoms in total. The lowest BCUT2D eigenvalue weighted by Gasteiger charge is -2.35. The van der Waals surface area contributed by atoms with Gasteiger partial charge in [0.05, 0.1) is 12.5 Å². The number of carbonyl (C=O) groups is 1. The van der Waals surface area contributed by atoms with Gasteiger partial charge in [0.15, 0.2) is 11.2 Å². The predicted molar refractivity (Wildman–Crippen MR) is 109 cm³/mol. The molecule has 1 fully saturated rings. The first-order valence-electron chi connectivity index (χ1n) is 8.97. The molecule has 1 saturated heterocycles. The van der Waals surface area contributed by atoms with Crippen LogP contribution in [0, 0.1) is 0 Å². The molecule has 144 valence electrons. The minimum atomic E-state index is -0.278. The normalized spacial score (nSPS) is 14.4. The van der Waals surface area contributed by atoms with Crippen molar-refractivity contribution in [2.24, 2.45) is 0 Å². The van der Waals surface area contributed by atoms with Crippen molar-refractivity contribution in [2.75, 3.05) is 38.2 Å². The fraction of sp³-hybridized carbons (Fsp3) is 0.238. The lowest BCUT2D eigenvalue weighted by atomic mass is 10.2. The SMILES string of the molecule is COc1cccc(N2CCN(C(=O)c3cc(=O)c4cc(Cl)ccc4o3)CC2)c1. The Kier molecular flexibility index (Phi) is 4.96. The summed E-state index contributed by atoms with van der Waals surface area (Å²) in [5.74, 6) is 0.572. The van der Waals surface area contributed by atoms with Crippen molar-refractivity contribution in [3.63, 3.8) is 0 Å². The Labute approximate surface area is 166 Å². The molecule has 1 aromatic heterocycles. The summed E-state index contributed by atoms with van der Waals surface area (Å²) in [5, 5.41) is 0.819. The maximum atomic E-state index is 12.8. The minimum absolute atomic E-state index is 0.0506. The number of amides is 1. The van der Waals surface area contributed by atoms with Gasteiger partial charge in [-0.05, 0) is 30.3 Å². The Hall–Kier alpha value is -2.99. The van der Waals surface area contributed by atoms with Gasteiger partial charge in [0.1, 0.15) is 11.3 Å². The quantitative estimate of drug-likeness (QED) is 0.676. The lowest BCUT2D eigenvalue weighted by molar-refractivity contribution is 0.0715. The molecule has 1 aliphatic rings. The predicted octanol–water partition coefficient (Wildman–Crippen LogP) is 3.42. The highest BCUT2D eigenvalue weighted by Crippen LogP contribution is 2.23. The van der Waals surface area contributed by atoms with Gasteiger partial charge in [0, 0.05) is 49.0 Å². The molecule has 0 saturated carbocycles. The number of methoxy groups -OCH3 is 1. The van der Waals surface area contributed by atoms with Crippen LogP contribution in [0.4, 0.5) is 5.69 Å². The third-order valence-electron chi connectivity index (χ3n) is 4.89. The van der Waals surface area contributed by atoms with Gasteiger partial charge in [-0.2, -0.15) is 0 Å². The third-order valence-corrected chi connectivity index (χ3v) is 5.12. The average Bonchev–Trinajstić information content (AvgIpc) is 2.73. The number of benzene rings is 2. The van der Waals surface area contributed by atoms with Crippen LogP contribution >= 0.6 is 11.6 Å². The van der Waals surface area contributed by atoms with E-state index >= 15 is 0 Å². The lowest BCUT2D eigenvalue weighted by Crippen LogP contribution is -2.48. The van der Waals surface area contributed by atoms with E-state index in [1.165, 1.54) is 6.07 Å². The summed E-state index contributed by atoms with van der Waals surface area (Å²) in [4.78, 5) is 29.1. The second-order valence-corrected chi connectivity index (χ2v) is 7.03. The fourth-order valence-corrected chi connectivity index (χ4v) is 3.54. The van der Waals surface area contributed by atoms with Crippen LogP contribution in [0.2, 0.25) is 5.02 Å². The largest absolute Gasteiger partial charge is 0.497 e. The third kappa shape index (κ3) is 3.55. The number of ether oxygens (including phenoxy) is 1. The van der Waals surface area contributed by atoms with E-state index in [1.54, 1.807) is 30.2 Å². The van der Waals surface area contributed by atoms with E-state index in [1.807, 2.05) is 24.3 Å². The van der Waals surface area contributed by atoms with E-state index in [2.05, 4.69) is 4.90 Å². The Morgan fingerprint density at radius 3 is 2.61 bits per heavy atom. The molecule has 0 aliphatic carbocycles. The molecule has 1 amide bonds. The van der Waals surface area contributed by atoms with E-state index < -0.39 is 0 Å². The number of halogens is 1. The van der Waals surface area contributed by atoms with Crippen molar-refractivity contribution in [1.82, 2.24) is 4.90 Å². The van der Waals surface area contributed by atoms with Crippen LogP contribution < -0.4 is 15.1 Å². The Morgan fingerprint density at radius 2 is 1.86 bits per heavy atom. The fourth-order valence-electron chi connectivity index (χ4n) is 3.36. The molecule has 0 spiro atoms. The van der Waals surface area contributed by atoms with Gasteiger partial charge < -0.3 is 19.0 Å². The smallest absolute Gasteiger partial charge is 0.289 e. The zero-order chi connectivity index (χ0) is 19.7. The van der Waals surface area contributed by atoms with Gasteiger partial charge in [0.25, 0.3) is 5.91 Å². The monoisotopic (exact) mass is 398 g/mol. The van der Waals surface area contributed by atoms with Crippen molar-refractivity contribution >= 4 is 34.2 Å². The van der Waals surface area contributed by atoms with E-state index in [0.29, 0.717) is 42.2 Å². The zero-order valence-electron chi connectivity index (χ0n) is 15.4. The van der Waals surface area contributed by atoms with Crippen molar-refractivity contribution < 1.29 is 13.9 Å². The first-order chi connectivity index (χ1) is 13.5. The van der Waals surface area contributed by atoms with Crippen molar-refractivity contribution in [1.29, 1.82) is 0 Å². The maximum absolute atomic E-state index is 12.8. The number of anilines is 1. The molecular formula is C21H19ClN2O4. The standard InChI is InChI=1S/C21H19ClN2O4/c1-27-16-4-2-3-15(12-16)23-7-9-24(10-8-23)21(26)20-13-18(25)17-11-14(22)5-6-19(17)28-20/h2-6,11-13H,7-10H2,1H3. The molecule has 2 aromatic carbocycles. The first kappa shape index (κ1) is 18.4. The Bertz CT molecular complexity index is 1090. The van der Waals surface area contributed by atoms with E-state index in [0.717, 1.165) is 11.4 Å². The Balaban J connectivity index is 1.50. The van der Waals surface area contributed by atoms with Gasteiger partial charge in [-0.25, -0.2) is 0 Å². The molecule has 28 heavy (non-hydrogen) atoms. The van der Waals surface area contributed by atoms with Gasteiger partial charge in [-0.3, -0.25) is 9.59 Å². The van der Waals surface area contributed by atoms with E-state index in [4.69, 9.17) is 20.8 Å². The highest BCUT2D eigenvalue weighted by molar-refractivity contribution is 6.31. The number of carbonyl (C=O) groups excluding carboxylic acids is 1. The first-order valence-corrected chi connectivity index (χ1v) is 9.34. The van der Waals surface area contributed by atoms with Crippen LogP contribution in [0.5, 0.6) is 5.75 Å². The summed E-state index contributed by atoms with van der Waals surface area (Å²) in [6.45, 7) is 2.45. The van der Waals surface area contributed by atoms with Crippen LogP contribution in [-0.4, -0.2) is 44.1 Å². The second kappa shape index (κ2) is 7.56. The number of rotatable bonds is 3. The van der Waals surface area contributed by atoms with Gasteiger partial charge in [-0.1, -0.05) is 17.7 Å². The molecule has 0 atom stereocenters. The van der Waals surface area contributed by atoms with Crippen LogP contribution in [0.3, 0.4) is 0 Å². The van der Waals surface area contributed by atoms with E-state index in [9.17, 15) is 9.59 Å². The van der Waals surface area contributed by atoms with Crippen LogP contribution in [0.15, 0.2) is 57.7 Å². The van der Waals surface area contributed by atoms with Crippen LogP contribution in [-0.2, 0) is 0 Å². The summed E-state index contributed by atoms with van der Waals surface area (Å²) in [6.07, 6.45) is 0. The minimum Gasteiger partial charge on any atom is -0.497 e. The molecule has 1 aliphatic heterocycles. The molecular weight excluding hydrogens is 380 g/mol. The molecule has 3 aromatic rings. The number of hydrogen-bond acceptors (Lipinski definition) is 5. The second-order valence-electron chi connectivity index (χ2n) is 6.60. The molecule has 0 unspecified atom stereocenters. The number of nitrogens with zero attached hydrogens (tertiary/aromatic N) is 2. The summed E-state index contributed by atoms with van der Waals surface area (Å²) < 4.78 is 10.9. The molecule has 0 bridgehead atoms. The van der Waals surface area contributed by atoms with Crippen molar-refractivity contribution in [3.05, 3.63) is 69.5 Å². The average molecular weight is 399 g/mol. The van der Waals surface area contributed by atoms with Crippen LogP contribution in [0.25, 0.3) is 11.0 Å². The van der Waals surface area contributed by atoms with Gasteiger partial charge >= 0.3 is 0 Å². The molecule has 0 N–H and O–H groups in total. The van der Waals surface area contributed by atoms with Crippen molar-refractivity contribution in [2.45, 2.75) is 0 Å². The number of hydrogen-bond donors (Lipinski definition) is 0. The highest BCUT2D eigenvalue weighted by Gasteiger charge is 2.24. The summed E-state index contributed by atoms with van der Waals surface area (Å²) in [6, 6.07) is 13.9. The van der Waals surface area contributed by atoms with Crippen LogP contribution in [0.1, 0.15) is 10.6 Å². The summed E-state index contributed by atoms with van der Waals surface area (Å²) in [7, 11) is 1.64. The zero-order valence-corrected chi connectivity index (χ0v) is 16.1. The Morgan fingerprint density at radius 1 is 1.07 bits per heavy atom. The summed E-state index contributed by atoms with van der Waals surface area (Å²) in [5.41, 5.74) is 1.14. The van der Waals surface area contributed by atoms with Gasteiger partial charge in [-0.15, -0.1) is 0 Å². The number of piperazine rings is 1. The maximum Gasteiger partial charge on any atom is 0.289 e. The summed E-state index contributed by atoms with van der Waals surface area (Å²) >= 11 is 5.93. The molecule has 7 heteroatoms. The van der Waals surface area contributed by atoms with E-state index in [-0.39, 0.29) is 17.1 Å². The van der Waals surface area contributed by atoms with Crippen molar-refractivity contribution in [3.8, 4) is 5.75 Å². The molecule has 0 radical (unpaired) electrons. The topological polar surface area (TPSA) is 63.0 Å².